The molecule has 122 valence electrons. The van der Waals surface area contributed by atoms with Crippen LogP contribution in [0, 0.1) is 11.3 Å². The first-order chi connectivity index (χ1) is 10.8. The van der Waals surface area contributed by atoms with E-state index in [1.165, 1.54) is 70.5 Å². The summed E-state index contributed by atoms with van der Waals surface area (Å²) in [6, 6.07) is 10.9. The molecule has 0 bridgehead atoms. The summed E-state index contributed by atoms with van der Waals surface area (Å²) in [5, 5.41) is 0. The molecule has 1 aliphatic carbocycles. The minimum atomic E-state index is 0.796. The van der Waals surface area contributed by atoms with Crippen molar-refractivity contribution in [1.82, 2.24) is 4.90 Å². The van der Waals surface area contributed by atoms with Crippen molar-refractivity contribution < 1.29 is 0 Å². The number of nitrogens with zero attached hydrogens (tertiary/aromatic N) is 2. The van der Waals surface area contributed by atoms with Crippen molar-refractivity contribution in [2.45, 2.75) is 46.0 Å². The Morgan fingerprint density at radius 2 is 1.64 bits per heavy atom. The molecule has 4 rings (SSSR count). The van der Waals surface area contributed by atoms with E-state index in [1.54, 1.807) is 0 Å². The SMILES string of the molecule is CC.c1ccc(N2CCC(CN3CC4(CCC4)C3)CC2)cc1. The van der Waals surface area contributed by atoms with E-state index in [0.29, 0.717) is 0 Å². The second-order valence-electron chi connectivity index (χ2n) is 7.29. The Morgan fingerprint density at radius 3 is 2.18 bits per heavy atom. The summed E-state index contributed by atoms with van der Waals surface area (Å²) in [5.41, 5.74) is 2.20. The van der Waals surface area contributed by atoms with Gasteiger partial charge in [-0.25, -0.2) is 0 Å². The summed E-state index contributed by atoms with van der Waals surface area (Å²) in [5.74, 6) is 0.937. The molecule has 2 aliphatic heterocycles. The van der Waals surface area contributed by atoms with Gasteiger partial charge in [-0.05, 0) is 49.1 Å². The molecule has 0 N–H and O–H groups in total. The average molecular weight is 300 g/mol. The summed E-state index contributed by atoms with van der Waals surface area (Å²) in [6.45, 7) is 10.7. The molecule has 0 atom stereocenters. The van der Waals surface area contributed by atoms with Crippen molar-refractivity contribution in [2.75, 3.05) is 37.6 Å². The average Bonchev–Trinajstić information content (AvgIpc) is 2.52. The summed E-state index contributed by atoms with van der Waals surface area (Å²) >= 11 is 0. The van der Waals surface area contributed by atoms with Crippen LogP contribution >= 0.6 is 0 Å². The Balaban J connectivity index is 0.000000693. The zero-order valence-electron chi connectivity index (χ0n) is 14.4. The maximum Gasteiger partial charge on any atom is 0.0366 e. The van der Waals surface area contributed by atoms with Gasteiger partial charge in [0, 0.05) is 38.4 Å². The number of benzene rings is 1. The lowest BCUT2D eigenvalue weighted by atomic mass is 9.63. The first kappa shape index (κ1) is 15.9. The Bertz CT molecular complexity index is 436. The van der Waals surface area contributed by atoms with Crippen LogP contribution in [0.3, 0.4) is 0 Å². The van der Waals surface area contributed by atoms with E-state index in [4.69, 9.17) is 0 Å². The number of likely N-dealkylation sites (tertiary alicyclic amines) is 1. The van der Waals surface area contributed by atoms with E-state index in [0.717, 1.165) is 11.3 Å². The van der Waals surface area contributed by atoms with E-state index < -0.39 is 0 Å². The number of anilines is 1. The Labute approximate surface area is 136 Å². The van der Waals surface area contributed by atoms with Crippen LogP contribution in [0.1, 0.15) is 46.0 Å². The molecule has 3 fully saturated rings. The van der Waals surface area contributed by atoms with Crippen molar-refractivity contribution in [3.05, 3.63) is 30.3 Å². The fraction of sp³-hybridized carbons (Fsp3) is 0.700. The lowest BCUT2D eigenvalue weighted by Crippen LogP contribution is -2.60. The molecule has 2 heteroatoms. The van der Waals surface area contributed by atoms with Crippen molar-refractivity contribution in [3.8, 4) is 0 Å². The molecule has 0 radical (unpaired) electrons. The molecule has 0 unspecified atom stereocenters. The third kappa shape index (κ3) is 3.32. The summed E-state index contributed by atoms with van der Waals surface area (Å²) < 4.78 is 0. The highest BCUT2D eigenvalue weighted by atomic mass is 15.2. The predicted octanol–water partition coefficient (Wildman–Crippen LogP) is 4.42. The van der Waals surface area contributed by atoms with Crippen LogP contribution in [-0.2, 0) is 0 Å². The van der Waals surface area contributed by atoms with Gasteiger partial charge in [0.25, 0.3) is 0 Å². The first-order valence-corrected chi connectivity index (χ1v) is 9.35. The van der Waals surface area contributed by atoms with Crippen molar-refractivity contribution in [2.24, 2.45) is 11.3 Å². The van der Waals surface area contributed by atoms with Crippen LogP contribution in [0.5, 0.6) is 0 Å². The monoisotopic (exact) mass is 300 g/mol. The molecule has 0 amide bonds. The maximum atomic E-state index is 2.72. The van der Waals surface area contributed by atoms with Gasteiger partial charge in [0.1, 0.15) is 0 Å². The smallest absolute Gasteiger partial charge is 0.0366 e. The maximum absolute atomic E-state index is 2.72. The lowest BCUT2D eigenvalue weighted by molar-refractivity contribution is -0.0676. The van der Waals surface area contributed by atoms with E-state index in [2.05, 4.69) is 40.1 Å². The molecular weight excluding hydrogens is 268 g/mol. The van der Waals surface area contributed by atoms with Crippen LogP contribution in [0.25, 0.3) is 0 Å². The van der Waals surface area contributed by atoms with Crippen LogP contribution in [0.15, 0.2) is 30.3 Å². The van der Waals surface area contributed by atoms with E-state index >= 15 is 0 Å². The summed E-state index contributed by atoms with van der Waals surface area (Å²) in [4.78, 5) is 5.28. The molecule has 1 aromatic carbocycles. The highest BCUT2D eigenvalue weighted by Gasteiger charge is 2.47. The number of hydrogen-bond donors (Lipinski definition) is 0. The second-order valence-corrected chi connectivity index (χ2v) is 7.29. The number of hydrogen-bond acceptors (Lipinski definition) is 2. The van der Waals surface area contributed by atoms with Gasteiger partial charge in [0.15, 0.2) is 0 Å². The Kier molecular flexibility index (Phi) is 5.07. The Morgan fingerprint density at radius 1 is 1.00 bits per heavy atom. The van der Waals surface area contributed by atoms with Crippen LogP contribution < -0.4 is 4.90 Å². The van der Waals surface area contributed by atoms with Gasteiger partial charge in [-0.1, -0.05) is 38.5 Å². The van der Waals surface area contributed by atoms with Crippen LogP contribution in [0.4, 0.5) is 5.69 Å². The molecule has 3 aliphatic rings. The van der Waals surface area contributed by atoms with Gasteiger partial charge in [0.05, 0.1) is 0 Å². The third-order valence-electron chi connectivity index (χ3n) is 5.78. The molecule has 2 nitrogen and oxygen atoms in total. The molecule has 1 saturated carbocycles. The van der Waals surface area contributed by atoms with Crippen LogP contribution in [-0.4, -0.2) is 37.6 Å². The first-order valence-electron chi connectivity index (χ1n) is 9.35. The standard InChI is InChI=1S/C18H26N2.C2H6/c1-2-5-17(6-3-1)20-11-7-16(8-12-20)13-19-14-18(15-19)9-4-10-18;1-2/h1-3,5-6,16H,4,7-15H2;1-2H3. The van der Waals surface area contributed by atoms with Crippen LogP contribution in [0.2, 0.25) is 0 Å². The topological polar surface area (TPSA) is 6.48 Å². The lowest BCUT2D eigenvalue weighted by Gasteiger charge is -2.57. The molecule has 2 saturated heterocycles. The highest BCUT2D eigenvalue weighted by Crippen LogP contribution is 2.48. The van der Waals surface area contributed by atoms with Crippen molar-refractivity contribution in [1.29, 1.82) is 0 Å². The van der Waals surface area contributed by atoms with Gasteiger partial charge in [-0.2, -0.15) is 0 Å². The number of piperidine rings is 1. The van der Waals surface area contributed by atoms with Crippen molar-refractivity contribution in [3.63, 3.8) is 0 Å². The normalized spacial score (nSPS) is 24.2. The largest absolute Gasteiger partial charge is 0.372 e. The second kappa shape index (κ2) is 7.04. The Hall–Kier alpha value is -1.02. The summed E-state index contributed by atoms with van der Waals surface area (Å²) in [6.07, 6.45) is 7.26. The highest BCUT2D eigenvalue weighted by molar-refractivity contribution is 5.46. The third-order valence-corrected chi connectivity index (χ3v) is 5.78. The zero-order chi connectivity index (χ0) is 15.4. The molecule has 1 aromatic rings. The quantitative estimate of drug-likeness (QED) is 0.815. The van der Waals surface area contributed by atoms with Gasteiger partial charge in [-0.3, -0.25) is 0 Å². The molecule has 22 heavy (non-hydrogen) atoms. The van der Waals surface area contributed by atoms with Gasteiger partial charge >= 0.3 is 0 Å². The van der Waals surface area contributed by atoms with Gasteiger partial charge in [0.2, 0.25) is 0 Å². The predicted molar refractivity (Wildman–Crippen MR) is 95.5 cm³/mol. The molecule has 2 heterocycles. The van der Waals surface area contributed by atoms with Gasteiger partial charge < -0.3 is 9.80 Å². The minimum absolute atomic E-state index is 0.796. The molecule has 1 spiro atoms. The molecule has 0 aromatic heterocycles. The fourth-order valence-corrected chi connectivity index (χ4v) is 4.40. The number of rotatable bonds is 3. The number of para-hydroxylation sites is 1. The van der Waals surface area contributed by atoms with E-state index in [-0.39, 0.29) is 0 Å². The van der Waals surface area contributed by atoms with E-state index in [9.17, 15) is 0 Å². The summed E-state index contributed by atoms with van der Waals surface area (Å²) in [7, 11) is 0. The fourth-order valence-electron chi connectivity index (χ4n) is 4.40. The minimum Gasteiger partial charge on any atom is -0.372 e. The van der Waals surface area contributed by atoms with Crippen molar-refractivity contribution >= 4 is 5.69 Å². The zero-order valence-corrected chi connectivity index (χ0v) is 14.4. The van der Waals surface area contributed by atoms with Gasteiger partial charge in [-0.15, -0.1) is 0 Å². The molecular formula is C20H32N2. The van der Waals surface area contributed by atoms with E-state index in [1.807, 2.05) is 13.8 Å².